The van der Waals surface area contributed by atoms with Crippen LogP contribution in [0.1, 0.15) is 23.7 Å². The van der Waals surface area contributed by atoms with Gasteiger partial charge in [-0.2, -0.15) is 5.10 Å². The van der Waals surface area contributed by atoms with Crippen molar-refractivity contribution in [1.29, 1.82) is 0 Å². The highest BCUT2D eigenvalue weighted by Gasteiger charge is 2.23. The molecule has 0 unspecified atom stereocenters. The van der Waals surface area contributed by atoms with Crippen molar-refractivity contribution in [2.75, 3.05) is 26.8 Å². The lowest BCUT2D eigenvalue weighted by atomic mass is 10.1. The third-order valence-electron chi connectivity index (χ3n) is 6.09. The topological polar surface area (TPSA) is 59.8 Å². The van der Waals surface area contributed by atoms with Gasteiger partial charge < -0.3 is 14.6 Å². The molecule has 0 aliphatic rings. The van der Waals surface area contributed by atoms with Crippen molar-refractivity contribution in [2.45, 2.75) is 32.4 Å². The van der Waals surface area contributed by atoms with E-state index in [9.17, 15) is 5.11 Å². The first-order valence-corrected chi connectivity index (χ1v) is 12.5. The van der Waals surface area contributed by atoms with Crippen molar-refractivity contribution in [3.8, 4) is 17.3 Å². The fraction of sp³-hybridized carbons (Fsp3) is 0.300. The number of nitrogens with zero attached hydrogens (tertiary/aromatic N) is 3. The number of aryl methyl sites for hydroxylation is 1. The Morgan fingerprint density at radius 2 is 1.56 bits per heavy atom. The van der Waals surface area contributed by atoms with E-state index in [0.29, 0.717) is 38.5 Å². The summed E-state index contributed by atoms with van der Waals surface area (Å²) >= 11 is 0. The summed E-state index contributed by atoms with van der Waals surface area (Å²) < 4.78 is 13.7. The SMILES string of the molecule is CCc1nn(-c2ccccc2)c(Oc2ccccc2)c1CN(CCOC)C[C@@H](O)Cc1ccccc1. The molecule has 3 aromatic carbocycles. The number of aliphatic hydroxyl groups is 1. The van der Waals surface area contributed by atoms with Crippen molar-refractivity contribution in [1.82, 2.24) is 14.7 Å². The monoisotopic (exact) mass is 485 g/mol. The predicted molar refractivity (Wildman–Crippen MR) is 143 cm³/mol. The molecule has 6 heteroatoms. The first-order chi connectivity index (χ1) is 17.7. The average Bonchev–Trinajstić information content (AvgIpc) is 3.25. The van der Waals surface area contributed by atoms with Gasteiger partial charge in [-0.3, -0.25) is 4.90 Å². The Morgan fingerprint density at radius 3 is 2.19 bits per heavy atom. The van der Waals surface area contributed by atoms with Crippen LogP contribution in [0.3, 0.4) is 0 Å². The van der Waals surface area contributed by atoms with Gasteiger partial charge in [0.1, 0.15) is 5.75 Å². The molecule has 0 fully saturated rings. The summed E-state index contributed by atoms with van der Waals surface area (Å²) in [6.45, 7) is 4.47. The zero-order valence-electron chi connectivity index (χ0n) is 21.1. The molecule has 0 aliphatic heterocycles. The molecular weight excluding hydrogens is 450 g/mol. The maximum atomic E-state index is 10.9. The van der Waals surface area contributed by atoms with Crippen molar-refractivity contribution in [3.63, 3.8) is 0 Å². The Bertz CT molecular complexity index is 1180. The Morgan fingerprint density at radius 1 is 0.917 bits per heavy atom. The van der Waals surface area contributed by atoms with Gasteiger partial charge in [-0.25, -0.2) is 4.68 Å². The number of ether oxygens (including phenoxy) is 2. The molecule has 1 heterocycles. The summed E-state index contributed by atoms with van der Waals surface area (Å²) in [5.41, 5.74) is 4.06. The smallest absolute Gasteiger partial charge is 0.227 e. The van der Waals surface area contributed by atoms with Crippen LogP contribution in [0.25, 0.3) is 5.69 Å². The van der Waals surface area contributed by atoms with Crippen LogP contribution in [0.5, 0.6) is 11.6 Å². The molecule has 6 nitrogen and oxygen atoms in total. The van der Waals surface area contributed by atoms with E-state index in [1.807, 2.05) is 95.7 Å². The Labute approximate surface area is 213 Å². The second-order valence-electron chi connectivity index (χ2n) is 8.82. The highest BCUT2D eigenvalue weighted by molar-refractivity contribution is 5.43. The van der Waals surface area contributed by atoms with Crippen LogP contribution in [0, 0.1) is 0 Å². The summed E-state index contributed by atoms with van der Waals surface area (Å²) in [6, 6.07) is 29.9. The first-order valence-electron chi connectivity index (χ1n) is 12.5. The maximum Gasteiger partial charge on any atom is 0.227 e. The van der Waals surface area contributed by atoms with Gasteiger partial charge in [0.05, 0.1) is 29.7 Å². The van der Waals surface area contributed by atoms with Crippen LogP contribution in [0.4, 0.5) is 0 Å². The van der Waals surface area contributed by atoms with Gasteiger partial charge in [0, 0.05) is 26.7 Å². The van der Waals surface area contributed by atoms with Crippen LogP contribution in [0.15, 0.2) is 91.0 Å². The number of aromatic nitrogens is 2. The summed E-state index contributed by atoms with van der Waals surface area (Å²) in [7, 11) is 1.70. The van der Waals surface area contributed by atoms with E-state index in [1.165, 1.54) is 0 Å². The quantitative estimate of drug-likeness (QED) is 0.279. The van der Waals surface area contributed by atoms with Gasteiger partial charge in [-0.15, -0.1) is 0 Å². The molecule has 0 saturated heterocycles. The Hall–Kier alpha value is -3.45. The number of para-hydroxylation sites is 2. The molecule has 0 saturated carbocycles. The molecule has 36 heavy (non-hydrogen) atoms. The first kappa shape index (κ1) is 25.6. The van der Waals surface area contributed by atoms with E-state index in [0.717, 1.165) is 34.7 Å². The van der Waals surface area contributed by atoms with Crippen molar-refractivity contribution in [2.24, 2.45) is 0 Å². The zero-order chi connectivity index (χ0) is 25.2. The van der Waals surface area contributed by atoms with E-state index in [4.69, 9.17) is 14.6 Å². The van der Waals surface area contributed by atoms with E-state index < -0.39 is 6.10 Å². The van der Waals surface area contributed by atoms with Crippen molar-refractivity contribution < 1.29 is 14.6 Å². The lowest BCUT2D eigenvalue weighted by Crippen LogP contribution is -2.35. The van der Waals surface area contributed by atoms with Gasteiger partial charge in [-0.1, -0.05) is 73.7 Å². The van der Waals surface area contributed by atoms with E-state index in [2.05, 4.69) is 11.8 Å². The number of hydrogen-bond donors (Lipinski definition) is 1. The fourth-order valence-corrected chi connectivity index (χ4v) is 4.30. The average molecular weight is 486 g/mol. The van der Waals surface area contributed by atoms with Gasteiger partial charge in [0.2, 0.25) is 5.88 Å². The van der Waals surface area contributed by atoms with Gasteiger partial charge in [0.15, 0.2) is 0 Å². The molecule has 0 aliphatic carbocycles. The minimum atomic E-state index is -0.503. The summed E-state index contributed by atoms with van der Waals surface area (Å²) in [4.78, 5) is 2.22. The fourth-order valence-electron chi connectivity index (χ4n) is 4.30. The molecule has 0 bridgehead atoms. The third-order valence-corrected chi connectivity index (χ3v) is 6.09. The summed E-state index contributed by atoms with van der Waals surface area (Å²) in [5, 5.41) is 15.9. The van der Waals surface area contributed by atoms with Crippen LogP contribution in [-0.2, 0) is 24.1 Å². The van der Waals surface area contributed by atoms with Crippen LogP contribution in [-0.4, -0.2) is 52.7 Å². The number of benzene rings is 3. The Kier molecular flexibility index (Phi) is 9.27. The van der Waals surface area contributed by atoms with Gasteiger partial charge in [0.25, 0.3) is 0 Å². The van der Waals surface area contributed by atoms with Crippen LogP contribution >= 0.6 is 0 Å². The van der Waals surface area contributed by atoms with E-state index in [-0.39, 0.29) is 0 Å². The lowest BCUT2D eigenvalue weighted by Gasteiger charge is -2.25. The minimum Gasteiger partial charge on any atom is -0.439 e. The van der Waals surface area contributed by atoms with Gasteiger partial charge in [-0.05, 0) is 42.7 Å². The molecule has 4 rings (SSSR count). The molecule has 1 aromatic heterocycles. The highest BCUT2D eigenvalue weighted by atomic mass is 16.5. The largest absolute Gasteiger partial charge is 0.439 e. The van der Waals surface area contributed by atoms with E-state index >= 15 is 0 Å². The molecule has 4 aromatic rings. The molecule has 0 radical (unpaired) electrons. The molecule has 1 N–H and O–H groups in total. The second-order valence-corrected chi connectivity index (χ2v) is 8.82. The molecular formula is C30H35N3O3. The van der Waals surface area contributed by atoms with Crippen molar-refractivity contribution >= 4 is 0 Å². The van der Waals surface area contributed by atoms with Gasteiger partial charge >= 0.3 is 0 Å². The molecule has 0 amide bonds. The maximum absolute atomic E-state index is 10.9. The number of aliphatic hydroxyl groups excluding tert-OH is 1. The summed E-state index contributed by atoms with van der Waals surface area (Å²) in [5.74, 6) is 1.45. The van der Waals surface area contributed by atoms with E-state index in [1.54, 1.807) is 7.11 Å². The molecule has 188 valence electrons. The Balaban J connectivity index is 1.65. The number of rotatable bonds is 13. The molecule has 1 atom stereocenters. The van der Waals surface area contributed by atoms with Crippen LogP contribution < -0.4 is 4.74 Å². The minimum absolute atomic E-state index is 0.503. The highest BCUT2D eigenvalue weighted by Crippen LogP contribution is 2.32. The van der Waals surface area contributed by atoms with Crippen LogP contribution in [0.2, 0.25) is 0 Å². The van der Waals surface area contributed by atoms with Crippen molar-refractivity contribution in [3.05, 3.63) is 108 Å². The number of hydrogen-bond acceptors (Lipinski definition) is 5. The third kappa shape index (κ3) is 6.82. The second kappa shape index (κ2) is 13.0. The lowest BCUT2D eigenvalue weighted by molar-refractivity contribution is 0.0846. The summed E-state index contributed by atoms with van der Waals surface area (Å²) in [6.07, 6.45) is 0.865. The number of methoxy groups -OCH3 is 1. The standard InChI is InChI=1S/C30H35N3O3/c1-3-29-28(23-32(19-20-35-2)22-26(34)21-24-13-7-4-8-14-24)30(36-27-17-11-6-12-18-27)33(31-29)25-15-9-5-10-16-25/h4-18,26,34H,3,19-23H2,1-2H3/t26-/m0/s1. The zero-order valence-corrected chi connectivity index (χ0v) is 21.1. The normalized spacial score (nSPS) is 12.1. The predicted octanol–water partition coefficient (Wildman–Crippen LogP) is 5.28. The molecule has 0 spiro atoms.